The Morgan fingerprint density at radius 1 is 1.22 bits per heavy atom. The van der Waals surface area contributed by atoms with Crippen molar-refractivity contribution in [3.63, 3.8) is 0 Å². The monoisotopic (exact) mass is 306 g/mol. The van der Waals surface area contributed by atoms with E-state index in [1.54, 1.807) is 6.20 Å². The summed E-state index contributed by atoms with van der Waals surface area (Å²) < 4.78 is 6.01. The number of aromatic nitrogens is 1. The molecule has 118 valence electrons. The highest BCUT2D eigenvalue weighted by Crippen LogP contribution is 2.27. The van der Waals surface area contributed by atoms with Crippen molar-refractivity contribution in [1.82, 2.24) is 9.88 Å². The molecule has 4 rings (SSSR count). The summed E-state index contributed by atoms with van der Waals surface area (Å²) in [6.45, 7) is 4.65. The van der Waals surface area contributed by atoms with E-state index in [1.807, 2.05) is 12.3 Å². The van der Waals surface area contributed by atoms with E-state index in [-0.39, 0.29) is 0 Å². The van der Waals surface area contributed by atoms with E-state index in [1.165, 1.54) is 30.3 Å². The normalized spacial score (nSPS) is 18.7. The smallest absolute Gasteiger partial charge is 0.134 e. The molecule has 1 aliphatic heterocycles. The molecule has 1 fully saturated rings. The van der Waals surface area contributed by atoms with Crippen LogP contribution in [-0.2, 0) is 6.42 Å². The highest BCUT2D eigenvalue weighted by molar-refractivity contribution is 5.83. The summed E-state index contributed by atoms with van der Waals surface area (Å²) in [5.41, 5.74) is 3.30. The Kier molecular flexibility index (Phi) is 3.88. The van der Waals surface area contributed by atoms with Gasteiger partial charge in [-0.15, -0.1) is 0 Å². The van der Waals surface area contributed by atoms with Crippen LogP contribution in [0.4, 0.5) is 0 Å². The van der Waals surface area contributed by atoms with Gasteiger partial charge >= 0.3 is 0 Å². The number of likely N-dealkylation sites (tertiary alicyclic amines) is 1. The maximum Gasteiger partial charge on any atom is 0.134 e. The first kappa shape index (κ1) is 14.5. The molecule has 0 radical (unpaired) electrons. The van der Waals surface area contributed by atoms with Crippen molar-refractivity contribution in [3.05, 3.63) is 54.6 Å². The summed E-state index contributed by atoms with van der Waals surface area (Å²) in [5.74, 6) is 1.09. The number of pyridine rings is 1. The highest BCUT2D eigenvalue weighted by atomic mass is 16.3. The standard InChI is InChI=1S/C20H22N2O/c1-15-4-3-10-22(15)11-8-19-13-18-12-16(6-7-20(18)23-19)17-5-2-9-21-14-17/h2,5-7,9,12-15H,3-4,8,10-11H2,1H3/t15-/m1/s1. The molecular weight excluding hydrogens is 284 g/mol. The topological polar surface area (TPSA) is 29.3 Å². The van der Waals surface area contributed by atoms with Crippen molar-refractivity contribution < 1.29 is 4.42 Å². The first-order chi connectivity index (χ1) is 11.3. The van der Waals surface area contributed by atoms with Gasteiger partial charge in [0.15, 0.2) is 0 Å². The average molecular weight is 306 g/mol. The van der Waals surface area contributed by atoms with Crippen LogP contribution in [0.2, 0.25) is 0 Å². The summed E-state index contributed by atoms with van der Waals surface area (Å²) in [5, 5.41) is 1.18. The van der Waals surface area contributed by atoms with Crippen LogP contribution in [0.25, 0.3) is 22.1 Å². The predicted octanol–water partition coefficient (Wildman–Crippen LogP) is 4.52. The van der Waals surface area contributed by atoms with E-state index in [4.69, 9.17) is 4.42 Å². The Balaban J connectivity index is 1.54. The third-order valence-corrected chi connectivity index (χ3v) is 4.90. The molecule has 3 heterocycles. The number of furan rings is 1. The molecule has 1 atom stereocenters. The van der Waals surface area contributed by atoms with Crippen molar-refractivity contribution in [3.8, 4) is 11.1 Å². The summed E-state index contributed by atoms with van der Waals surface area (Å²) in [6, 6.07) is 13.3. The molecule has 23 heavy (non-hydrogen) atoms. The van der Waals surface area contributed by atoms with Crippen LogP contribution in [-0.4, -0.2) is 29.0 Å². The molecule has 0 N–H and O–H groups in total. The summed E-state index contributed by atoms with van der Waals surface area (Å²) >= 11 is 0. The van der Waals surface area contributed by atoms with Crippen LogP contribution >= 0.6 is 0 Å². The molecule has 0 spiro atoms. The van der Waals surface area contributed by atoms with E-state index in [2.05, 4.69) is 47.1 Å². The second-order valence-electron chi connectivity index (χ2n) is 6.48. The first-order valence-corrected chi connectivity index (χ1v) is 8.46. The minimum absolute atomic E-state index is 0.719. The predicted molar refractivity (Wildman–Crippen MR) is 93.4 cm³/mol. The average Bonchev–Trinajstić information content (AvgIpc) is 3.18. The van der Waals surface area contributed by atoms with Crippen molar-refractivity contribution in [1.29, 1.82) is 0 Å². The lowest BCUT2D eigenvalue weighted by molar-refractivity contribution is 0.266. The van der Waals surface area contributed by atoms with Crippen molar-refractivity contribution in [2.24, 2.45) is 0 Å². The van der Waals surface area contributed by atoms with E-state index in [0.717, 1.165) is 35.9 Å². The number of hydrogen-bond acceptors (Lipinski definition) is 3. The number of fused-ring (bicyclic) bond motifs is 1. The van der Waals surface area contributed by atoms with Crippen molar-refractivity contribution in [2.45, 2.75) is 32.2 Å². The van der Waals surface area contributed by atoms with Gasteiger partial charge in [-0.05, 0) is 56.1 Å². The fourth-order valence-corrected chi connectivity index (χ4v) is 3.51. The van der Waals surface area contributed by atoms with Gasteiger partial charge in [0.25, 0.3) is 0 Å². The van der Waals surface area contributed by atoms with Crippen LogP contribution in [0.5, 0.6) is 0 Å². The van der Waals surface area contributed by atoms with Gasteiger partial charge in [0.05, 0.1) is 0 Å². The number of benzene rings is 1. The van der Waals surface area contributed by atoms with Crippen LogP contribution in [0.15, 0.2) is 53.2 Å². The van der Waals surface area contributed by atoms with Gasteiger partial charge in [-0.3, -0.25) is 4.98 Å². The first-order valence-electron chi connectivity index (χ1n) is 8.46. The van der Waals surface area contributed by atoms with Crippen LogP contribution in [0, 0.1) is 0 Å². The van der Waals surface area contributed by atoms with Gasteiger partial charge in [0.2, 0.25) is 0 Å². The SMILES string of the molecule is C[C@@H]1CCCN1CCc1cc2cc(-c3cccnc3)ccc2o1. The van der Waals surface area contributed by atoms with Gasteiger partial charge in [-0.1, -0.05) is 12.1 Å². The van der Waals surface area contributed by atoms with Gasteiger partial charge in [0.1, 0.15) is 11.3 Å². The maximum absolute atomic E-state index is 6.01. The van der Waals surface area contributed by atoms with Crippen LogP contribution in [0.1, 0.15) is 25.5 Å². The molecule has 0 bridgehead atoms. The molecule has 1 aromatic carbocycles. The molecule has 2 aromatic heterocycles. The second-order valence-corrected chi connectivity index (χ2v) is 6.48. The van der Waals surface area contributed by atoms with E-state index in [0.29, 0.717) is 0 Å². The Morgan fingerprint density at radius 3 is 2.96 bits per heavy atom. The zero-order valence-corrected chi connectivity index (χ0v) is 13.5. The third kappa shape index (κ3) is 3.02. The molecule has 0 saturated carbocycles. The Labute approximate surface area is 136 Å². The van der Waals surface area contributed by atoms with Crippen molar-refractivity contribution in [2.75, 3.05) is 13.1 Å². The zero-order valence-electron chi connectivity index (χ0n) is 13.5. The molecule has 0 amide bonds. The zero-order chi connectivity index (χ0) is 15.6. The Bertz CT molecular complexity index is 794. The maximum atomic E-state index is 6.01. The fourth-order valence-electron chi connectivity index (χ4n) is 3.51. The third-order valence-electron chi connectivity index (χ3n) is 4.90. The summed E-state index contributed by atoms with van der Waals surface area (Å²) in [7, 11) is 0. The molecule has 1 aliphatic rings. The minimum atomic E-state index is 0.719. The lowest BCUT2D eigenvalue weighted by Crippen LogP contribution is -2.28. The van der Waals surface area contributed by atoms with Crippen LogP contribution in [0.3, 0.4) is 0 Å². The van der Waals surface area contributed by atoms with Gasteiger partial charge < -0.3 is 9.32 Å². The van der Waals surface area contributed by atoms with Gasteiger partial charge in [0, 0.05) is 42.4 Å². The molecule has 3 nitrogen and oxygen atoms in total. The van der Waals surface area contributed by atoms with Crippen LogP contribution < -0.4 is 0 Å². The van der Waals surface area contributed by atoms with Crippen molar-refractivity contribution >= 4 is 11.0 Å². The second kappa shape index (κ2) is 6.17. The number of rotatable bonds is 4. The molecule has 3 heteroatoms. The number of hydrogen-bond donors (Lipinski definition) is 0. The molecular formula is C20H22N2O. The quantitative estimate of drug-likeness (QED) is 0.709. The number of nitrogens with zero attached hydrogens (tertiary/aromatic N) is 2. The molecule has 0 unspecified atom stereocenters. The van der Waals surface area contributed by atoms with Gasteiger partial charge in [-0.2, -0.15) is 0 Å². The van der Waals surface area contributed by atoms with E-state index < -0.39 is 0 Å². The largest absolute Gasteiger partial charge is 0.461 e. The molecule has 0 aliphatic carbocycles. The summed E-state index contributed by atoms with van der Waals surface area (Å²) in [4.78, 5) is 6.76. The Hall–Kier alpha value is -2.13. The van der Waals surface area contributed by atoms with Gasteiger partial charge in [-0.25, -0.2) is 0 Å². The fraction of sp³-hybridized carbons (Fsp3) is 0.350. The highest BCUT2D eigenvalue weighted by Gasteiger charge is 2.20. The lowest BCUT2D eigenvalue weighted by atomic mass is 10.1. The lowest BCUT2D eigenvalue weighted by Gasteiger charge is -2.19. The Morgan fingerprint density at radius 2 is 2.17 bits per heavy atom. The summed E-state index contributed by atoms with van der Waals surface area (Å²) in [6.07, 6.45) is 7.35. The molecule has 1 saturated heterocycles. The molecule has 3 aromatic rings. The van der Waals surface area contributed by atoms with E-state index >= 15 is 0 Å². The minimum Gasteiger partial charge on any atom is -0.461 e. The van der Waals surface area contributed by atoms with E-state index in [9.17, 15) is 0 Å².